The molecule has 0 saturated heterocycles. The minimum absolute atomic E-state index is 0.175. The van der Waals surface area contributed by atoms with Crippen molar-refractivity contribution in [2.75, 3.05) is 6.61 Å². The zero-order chi connectivity index (χ0) is 29.2. The SMILES string of the molecule is C=C(C)c1cc(C(C)(C)C)cc(-c2cn(S(=O)(=O)c3ccccc3)c3ccc(/C(C)=C/C=O)cc23)c1OCCC. The van der Waals surface area contributed by atoms with Crippen molar-refractivity contribution in [3.63, 3.8) is 0 Å². The van der Waals surface area contributed by atoms with E-state index in [4.69, 9.17) is 4.74 Å². The average molecular weight is 556 g/mol. The summed E-state index contributed by atoms with van der Waals surface area (Å²) in [7, 11) is -3.90. The molecule has 40 heavy (non-hydrogen) atoms. The average Bonchev–Trinajstić information content (AvgIpc) is 3.31. The number of carbonyl (C=O) groups excluding carboxylic acids is 1. The van der Waals surface area contributed by atoms with Crippen molar-refractivity contribution in [2.24, 2.45) is 0 Å². The highest BCUT2D eigenvalue weighted by atomic mass is 32.2. The largest absolute Gasteiger partial charge is 0.492 e. The highest BCUT2D eigenvalue weighted by Crippen LogP contribution is 2.44. The summed E-state index contributed by atoms with van der Waals surface area (Å²) in [4.78, 5) is 11.4. The van der Waals surface area contributed by atoms with Crippen molar-refractivity contribution < 1.29 is 17.9 Å². The van der Waals surface area contributed by atoms with Gasteiger partial charge >= 0.3 is 0 Å². The Hall–Kier alpha value is -3.90. The number of nitrogens with zero attached hydrogens (tertiary/aromatic N) is 1. The first-order valence-corrected chi connectivity index (χ1v) is 14.9. The molecule has 0 aliphatic heterocycles. The van der Waals surface area contributed by atoms with Gasteiger partial charge in [-0.1, -0.05) is 58.5 Å². The molecule has 4 rings (SSSR count). The van der Waals surface area contributed by atoms with Gasteiger partial charge in [-0.25, -0.2) is 12.4 Å². The summed E-state index contributed by atoms with van der Waals surface area (Å²) in [6.45, 7) is 17.1. The molecule has 3 aromatic carbocycles. The van der Waals surface area contributed by atoms with Crippen LogP contribution in [0.5, 0.6) is 5.75 Å². The van der Waals surface area contributed by atoms with Gasteiger partial charge in [0, 0.05) is 28.3 Å². The zero-order valence-corrected chi connectivity index (χ0v) is 24.9. The van der Waals surface area contributed by atoms with Crippen molar-refractivity contribution >= 4 is 38.4 Å². The van der Waals surface area contributed by atoms with Crippen LogP contribution in [-0.2, 0) is 20.2 Å². The summed E-state index contributed by atoms with van der Waals surface area (Å²) in [5, 5.41) is 0.746. The summed E-state index contributed by atoms with van der Waals surface area (Å²) in [5.74, 6) is 0.684. The molecule has 0 atom stereocenters. The topological polar surface area (TPSA) is 65.4 Å². The smallest absolute Gasteiger partial charge is 0.268 e. The number of aldehydes is 1. The van der Waals surface area contributed by atoms with Gasteiger partial charge in [0.15, 0.2) is 0 Å². The van der Waals surface area contributed by atoms with Crippen molar-refractivity contribution in [2.45, 2.75) is 58.3 Å². The van der Waals surface area contributed by atoms with Gasteiger partial charge in [0.1, 0.15) is 12.0 Å². The highest BCUT2D eigenvalue weighted by Gasteiger charge is 2.26. The minimum Gasteiger partial charge on any atom is -0.492 e. The first kappa shape index (κ1) is 29.1. The van der Waals surface area contributed by atoms with Crippen molar-refractivity contribution in [1.29, 1.82) is 0 Å². The first-order valence-electron chi connectivity index (χ1n) is 13.5. The fraction of sp³-hybridized carbons (Fsp3) is 0.265. The van der Waals surface area contributed by atoms with Crippen LogP contribution in [0.1, 0.15) is 64.7 Å². The number of aromatic nitrogens is 1. The molecule has 0 unspecified atom stereocenters. The summed E-state index contributed by atoms with van der Waals surface area (Å²) < 4.78 is 35.6. The molecule has 0 bridgehead atoms. The van der Waals surface area contributed by atoms with E-state index in [-0.39, 0.29) is 10.3 Å². The number of fused-ring (bicyclic) bond motifs is 1. The second kappa shape index (κ2) is 11.3. The van der Waals surface area contributed by atoms with E-state index < -0.39 is 10.0 Å². The van der Waals surface area contributed by atoms with Crippen LogP contribution >= 0.6 is 0 Å². The standard InChI is InChI=1S/C34H37NO4S/c1-8-18-39-33-28(23(2)3)20-26(34(5,6)7)21-30(33)31-22-35(40(37,38)27-12-10-9-11-13-27)32-15-14-25(19-29(31)32)24(4)16-17-36/h9-17,19-22H,2,8,18H2,1,3-7H3/b24-16+. The third kappa shape index (κ3) is 5.54. The van der Waals surface area contributed by atoms with Crippen LogP contribution in [0.2, 0.25) is 0 Å². The third-order valence-electron chi connectivity index (χ3n) is 7.00. The Kier molecular flexibility index (Phi) is 8.22. The number of hydrogen-bond acceptors (Lipinski definition) is 4. The molecule has 5 nitrogen and oxygen atoms in total. The number of rotatable bonds is 9. The normalized spacial score (nSPS) is 12.5. The minimum atomic E-state index is -3.90. The Morgan fingerprint density at radius 3 is 2.30 bits per heavy atom. The fourth-order valence-electron chi connectivity index (χ4n) is 4.70. The van der Waals surface area contributed by atoms with E-state index in [0.717, 1.165) is 57.1 Å². The Balaban J connectivity index is 2.16. The molecule has 0 fully saturated rings. The monoisotopic (exact) mass is 555 g/mol. The van der Waals surface area contributed by atoms with E-state index in [0.29, 0.717) is 17.9 Å². The van der Waals surface area contributed by atoms with Crippen LogP contribution in [-0.4, -0.2) is 25.3 Å². The molecule has 208 valence electrons. The quantitative estimate of drug-likeness (QED) is 0.154. The van der Waals surface area contributed by atoms with Gasteiger partial charge in [0.2, 0.25) is 0 Å². The molecule has 1 aromatic heterocycles. The summed E-state index contributed by atoms with van der Waals surface area (Å²) in [5.41, 5.74) is 6.38. The predicted octanol–water partition coefficient (Wildman–Crippen LogP) is 8.27. The first-order chi connectivity index (χ1) is 18.9. The van der Waals surface area contributed by atoms with Crippen molar-refractivity contribution in [1.82, 2.24) is 3.97 Å². The second-order valence-corrected chi connectivity index (χ2v) is 13.0. The summed E-state index contributed by atoms with van der Waals surface area (Å²) in [6, 6.07) is 18.2. The van der Waals surface area contributed by atoms with Crippen LogP contribution in [0.25, 0.3) is 33.2 Å². The molecule has 0 radical (unpaired) electrons. The number of carbonyl (C=O) groups is 1. The maximum absolute atomic E-state index is 13.9. The van der Waals surface area contributed by atoms with E-state index in [2.05, 4.69) is 46.4 Å². The third-order valence-corrected chi connectivity index (χ3v) is 8.69. The molecule has 0 amide bonds. The molecule has 1 heterocycles. The summed E-state index contributed by atoms with van der Waals surface area (Å²) in [6.07, 6.45) is 4.78. The number of hydrogen-bond donors (Lipinski definition) is 0. The maximum Gasteiger partial charge on any atom is 0.268 e. The van der Waals surface area contributed by atoms with Crippen LogP contribution in [0.4, 0.5) is 0 Å². The molecular formula is C34H37NO4S. The molecule has 6 heteroatoms. The Labute approximate surface area is 237 Å². The van der Waals surface area contributed by atoms with Gasteiger partial charge in [0.05, 0.1) is 17.0 Å². The molecule has 0 N–H and O–H groups in total. The Morgan fingerprint density at radius 1 is 1.00 bits per heavy atom. The molecular weight excluding hydrogens is 518 g/mol. The van der Waals surface area contributed by atoms with Crippen molar-refractivity contribution in [3.05, 3.63) is 96.2 Å². The lowest BCUT2D eigenvalue weighted by Gasteiger charge is -2.24. The van der Waals surface area contributed by atoms with Crippen LogP contribution in [0.3, 0.4) is 0 Å². The maximum atomic E-state index is 13.9. The number of ether oxygens (including phenoxy) is 1. The van der Waals surface area contributed by atoms with Crippen molar-refractivity contribution in [3.8, 4) is 16.9 Å². The van der Waals surface area contributed by atoms with Gasteiger partial charge < -0.3 is 4.74 Å². The number of allylic oxidation sites excluding steroid dienone is 3. The Morgan fingerprint density at radius 2 is 1.70 bits per heavy atom. The van der Waals surface area contributed by atoms with Crippen LogP contribution < -0.4 is 4.74 Å². The fourth-order valence-corrected chi connectivity index (χ4v) is 6.09. The number of benzene rings is 3. The van der Waals surface area contributed by atoms with Gasteiger partial charge in [-0.05, 0) is 90.4 Å². The van der Waals surface area contributed by atoms with E-state index in [9.17, 15) is 13.2 Å². The predicted molar refractivity (Wildman–Crippen MR) is 165 cm³/mol. The van der Waals surface area contributed by atoms with Gasteiger partial charge in [-0.3, -0.25) is 4.79 Å². The lowest BCUT2D eigenvalue weighted by molar-refractivity contribution is -0.104. The highest BCUT2D eigenvalue weighted by molar-refractivity contribution is 7.90. The van der Waals surface area contributed by atoms with E-state index in [1.54, 1.807) is 42.6 Å². The van der Waals surface area contributed by atoms with Crippen LogP contribution in [0.15, 0.2) is 84.4 Å². The van der Waals surface area contributed by atoms with Gasteiger partial charge in [0.25, 0.3) is 10.0 Å². The molecule has 0 saturated carbocycles. The van der Waals surface area contributed by atoms with Gasteiger partial charge in [-0.15, -0.1) is 0 Å². The molecule has 0 aliphatic rings. The van der Waals surface area contributed by atoms with Gasteiger partial charge in [-0.2, -0.15) is 0 Å². The Bertz CT molecular complexity index is 1720. The second-order valence-electron chi connectivity index (χ2n) is 11.2. The lowest BCUT2D eigenvalue weighted by atomic mass is 9.82. The van der Waals surface area contributed by atoms with E-state index in [1.165, 1.54) is 10.0 Å². The molecule has 0 aliphatic carbocycles. The van der Waals surface area contributed by atoms with Crippen LogP contribution in [0, 0.1) is 0 Å². The molecule has 0 spiro atoms. The van der Waals surface area contributed by atoms with E-state index in [1.807, 2.05) is 26.0 Å². The van der Waals surface area contributed by atoms with E-state index >= 15 is 0 Å². The molecule has 4 aromatic rings. The zero-order valence-electron chi connectivity index (χ0n) is 24.1. The lowest BCUT2D eigenvalue weighted by Crippen LogP contribution is -2.13. The summed E-state index contributed by atoms with van der Waals surface area (Å²) >= 11 is 0.